The Balaban J connectivity index is 1.57. The lowest BCUT2D eigenvalue weighted by Gasteiger charge is -2.40. The number of anilines is 1. The zero-order chi connectivity index (χ0) is 28.3. The van der Waals surface area contributed by atoms with Gasteiger partial charge in [0.15, 0.2) is 0 Å². The predicted octanol–water partition coefficient (Wildman–Crippen LogP) is 5.48. The minimum absolute atomic E-state index is 0.00546. The van der Waals surface area contributed by atoms with E-state index in [9.17, 15) is 19.5 Å². The molecule has 2 aliphatic heterocycles. The zero-order valence-corrected chi connectivity index (χ0v) is 24.4. The molecule has 0 bridgehead atoms. The van der Waals surface area contributed by atoms with Gasteiger partial charge in [-0.05, 0) is 71.3 Å². The number of hydrogen-bond donors (Lipinski definition) is 2. The molecular weight excluding hydrogens is 514 g/mol. The predicted molar refractivity (Wildman–Crippen MR) is 153 cm³/mol. The standard InChI is InChI=1S/C30H41N3O5S/c1-19-6-8-21(9-7-19)27(34)33(25-17-24(10-13-30(3,4)5)39-26(25)28(35)36)22-11-14-32(15-12-22)29(37)38-23-16-20(2)31-18-23/h17,19,21-23,31H,2,6-9,11-12,14-16,18H2,1,3-5H3,(H,35,36)/t19?,21?,23-/m1/s1. The first-order chi connectivity index (χ1) is 18.4. The third-order valence-corrected chi connectivity index (χ3v) is 8.77. The highest BCUT2D eigenvalue weighted by atomic mass is 32.1. The van der Waals surface area contributed by atoms with E-state index in [1.54, 1.807) is 15.9 Å². The largest absolute Gasteiger partial charge is 0.477 e. The monoisotopic (exact) mass is 555 g/mol. The average Bonchev–Trinajstić information content (AvgIpc) is 3.49. The van der Waals surface area contributed by atoms with Gasteiger partial charge in [-0.25, -0.2) is 9.59 Å². The fourth-order valence-corrected chi connectivity index (χ4v) is 6.35. The van der Waals surface area contributed by atoms with E-state index in [4.69, 9.17) is 4.74 Å². The molecule has 8 nitrogen and oxygen atoms in total. The van der Waals surface area contributed by atoms with Gasteiger partial charge in [0.2, 0.25) is 5.91 Å². The molecule has 4 rings (SSSR count). The van der Waals surface area contributed by atoms with Crippen molar-refractivity contribution in [2.75, 3.05) is 24.5 Å². The smallest absolute Gasteiger partial charge is 0.410 e. The second-order valence-electron chi connectivity index (χ2n) is 12.2. The highest BCUT2D eigenvalue weighted by Gasteiger charge is 2.38. The van der Waals surface area contributed by atoms with E-state index in [-0.39, 0.29) is 40.4 Å². The fourth-order valence-electron chi connectivity index (χ4n) is 5.51. The third kappa shape index (κ3) is 7.36. The molecule has 2 saturated heterocycles. The second-order valence-corrected chi connectivity index (χ2v) is 13.3. The van der Waals surface area contributed by atoms with Crippen molar-refractivity contribution in [2.45, 2.75) is 84.8 Å². The molecule has 1 atom stereocenters. The molecule has 1 aromatic rings. The quantitative estimate of drug-likeness (QED) is 0.467. The van der Waals surface area contributed by atoms with Crippen molar-refractivity contribution in [3.8, 4) is 11.8 Å². The van der Waals surface area contributed by atoms with Crippen LogP contribution in [0.4, 0.5) is 10.5 Å². The van der Waals surface area contributed by atoms with Crippen LogP contribution in [0, 0.1) is 29.1 Å². The summed E-state index contributed by atoms with van der Waals surface area (Å²) in [7, 11) is 0. The first-order valence-corrected chi connectivity index (χ1v) is 14.8. The molecule has 0 aromatic carbocycles. The van der Waals surface area contributed by atoms with Crippen LogP contribution in [0.3, 0.4) is 0 Å². The molecule has 3 aliphatic rings. The number of rotatable bonds is 5. The van der Waals surface area contributed by atoms with Gasteiger partial charge in [0.25, 0.3) is 0 Å². The van der Waals surface area contributed by atoms with Crippen molar-refractivity contribution in [3.63, 3.8) is 0 Å². The number of amides is 2. The number of nitrogens with one attached hydrogen (secondary N) is 1. The van der Waals surface area contributed by atoms with Gasteiger partial charge in [0.1, 0.15) is 11.0 Å². The van der Waals surface area contributed by atoms with Gasteiger partial charge in [-0.3, -0.25) is 4.79 Å². The molecule has 3 heterocycles. The number of carbonyl (C=O) groups is 3. The van der Waals surface area contributed by atoms with Crippen LogP contribution < -0.4 is 10.2 Å². The summed E-state index contributed by atoms with van der Waals surface area (Å²) in [5.74, 6) is 5.72. The number of hydrogen-bond acceptors (Lipinski definition) is 6. The Hall–Kier alpha value is -2.99. The molecule has 0 radical (unpaired) electrons. The molecule has 1 aromatic heterocycles. The van der Waals surface area contributed by atoms with E-state index in [2.05, 4.69) is 30.7 Å². The van der Waals surface area contributed by atoms with Crippen molar-refractivity contribution in [3.05, 3.63) is 28.1 Å². The molecule has 39 heavy (non-hydrogen) atoms. The summed E-state index contributed by atoms with van der Waals surface area (Å²) >= 11 is 1.12. The number of ether oxygens (including phenoxy) is 1. The summed E-state index contributed by atoms with van der Waals surface area (Å²) in [5.41, 5.74) is 1.07. The SMILES string of the molecule is C=C1C[C@@H](OC(=O)N2CCC(N(C(=O)C3CCC(C)CC3)c3cc(C#CC(C)(C)C)sc3C(=O)O)CC2)CN1. The molecule has 2 N–H and O–H groups in total. The Kier molecular flexibility index (Phi) is 8.95. The lowest BCUT2D eigenvalue weighted by molar-refractivity contribution is -0.124. The first kappa shape index (κ1) is 29.0. The summed E-state index contributed by atoms with van der Waals surface area (Å²) in [6.07, 6.45) is 4.76. The van der Waals surface area contributed by atoms with Crippen molar-refractivity contribution >= 4 is 35.0 Å². The van der Waals surface area contributed by atoms with Crippen LogP contribution in [0.2, 0.25) is 0 Å². The minimum Gasteiger partial charge on any atom is -0.477 e. The van der Waals surface area contributed by atoms with Crippen LogP contribution in [0.1, 0.15) is 87.2 Å². The summed E-state index contributed by atoms with van der Waals surface area (Å²) in [6.45, 7) is 13.6. The van der Waals surface area contributed by atoms with Gasteiger partial charge < -0.3 is 25.0 Å². The Morgan fingerprint density at radius 1 is 1.15 bits per heavy atom. The van der Waals surface area contributed by atoms with Crippen LogP contribution in [0.15, 0.2) is 18.3 Å². The lowest BCUT2D eigenvalue weighted by Crippen LogP contribution is -2.51. The van der Waals surface area contributed by atoms with Crippen LogP contribution in [0.25, 0.3) is 0 Å². The van der Waals surface area contributed by atoms with Crippen molar-refractivity contribution in [2.24, 2.45) is 17.3 Å². The molecule has 0 spiro atoms. The van der Waals surface area contributed by atoms with Crippen LogP contribution >= 0.6 is 11.3 Å². The summed E-state index contributed by atoms with van der Waals surface area (Å²) in [5, 5.41) is 13.2. The minimum atomic E-state index is -1.05. The van der Waals surface area contributed by atoms with Gasteiger partial charge >= 0.3 is 12.1 Å². The number of thiophene rings is 1. The maximum atomic E-state index is 14.1. The molecule has 1 aliphatic carbocycles. The first-order valence-electron chi connectivity index (χ1n) is 14.0. The molecular formula is C30H41N3O5S. The number of aromatic carboxylic acids is 1. The van der Waals surface area contributed by atoms with Gasteiger partial charge in [-0.1, -0.05) is 25.3 Å². The van der Waals surface area contributed by atoms with Gasteiger partial charge in [-0.2, -0.15) is 0 Å². The molecule has 0 unspecified atom stereocenters. The molecule has 9 heteroatoms. The van der Waals surface area contributed by atoms with E-state index in [1.807, 2.05) is 20.8 Å². The maximum absolute atomic E-state index is 14.1. The molecule has 2 amide bonds. The summed E-state index contributed by atoms with van der Waals surface area (Å²) < 4.78 is 5.65. The van der Waals surface area contributed by atoms with E-state index < -0.39 is 5.97 Å². The number of nitrogens with zero attached hydrogens (tertiary/aromatic N) is 2. The highest BCUT2D eigenvalue weighted by Crippen LogP contribution is 2.38. The second kappa shape index (κ2) is 12.0. The van der Waals surface area contributed by atoms with Crippen molar-refractivity contribution in [1.82, 2.24) is 10.2 Å². The molecule has 212 valence electrons. The van der Waals surface area contributed by atoms with E-state index in [0.29, 0.717) is 55.4 Å². The summed E-state index contributed by atoms with van der Waals surface area (Å²) in [6, 6.07) is 1.57. The van der Waals surface area contributed by atoms with Crippen LogP contribution in [0.5, 0.6) is 0 Å². The Labute approximate surface area is 235 Å². The zero-order valence-electron chi connectivity index (χ0n) is 23.5. The Morgan fingerprint density at radius 3 is 2.38 bits per heavy atom. The van der Waals surface area contributed by atoms with Crippen LogP contribution in [-0.4, -0.2) is 59.8 Å². The average molecular weight is 556 g/mol. The number of likely N-dealkylation sites (tertiary alicyclic amines) is 1. The number of piperidine rings is 1. The van der Waals surface area contributed by atoms with Gasteiger partial charge in [0, 0.05) is 42.6 Å². The number of carboxylic acid groups (broad SMARTS) is 1. The normalized spacial score (nSPS) is 23.9. The maximum Gasteiger partial charge on any atom is 0.410 e. The Bertz CT molecular complexity index is 1160. The van der Waals surface area contributed by atoms with Gasteiger partial charge in [0.05, 0.1) is 17.1 Å². The Morgan fingerprint density at radius 2 is 1.82 bits per heavy atom. The van der Waals surface area contributed by atoms with E-state index >= 15 is 0 Å². The van der Waals surface area contributed by atoms with Crippen molar-refractivity contribution < 1.29 is 24.2 Å². The topological polar surface area (TPSA) is 99.2 Å². The van der Waals surface area contributed by atoms with Crippen molar-refractivity contribution in [1.29, 1.82) is 0 Å². The highest BCUT2D eigenvalue weighted by molar-refractivity contribution is 7.15. The van der Waals surface area contributed by atoms with Crippen LogP contribution in [-0.2, 0) is 9.53 Å². The number of carboxylic acids is 1. The third-order valence-electron chi connectivity index (χ3n) is 7.74. The summed E-state index contributed by atoms with van der Waals surface area (Å²) in [4.78, 5) is 43.4. The molecule has 1 saturated carbocycles. The van der Waals surface area contributed by atoms with E-state index in [1.165, 1.54) is 0 Å². The van der Waals surface area contributed by atoms with E-state index in [0.717, 1.165) is 42.7 Å². The van der Waals surface area contributed by atoms with Gasteiger partial charge in [-0.15, -0.1) is 11.3 Å². The number of carbonyl (C=O) groups excluding carboxylic acids is 2. The fraction of sp³-hybridized carbons (Fsp3) is 0.633. The lowest BCUT2D eigenvalue weighted by atomic mass is 9.82. The molecule has 3 fully saturated rings.